The van der Waals surface area contributed by atoms with Crippen LogP contribution in [0.2, 0.25) is 0 Å². The number of sulfonamides is 1. The van der Waals surface area contributed by atoms with Crippen LogP contribution in [0.5, 0.6) is 5.75 Å². The van der Waals surface area contributed by atoms with Crippen LogP contribution >= 0.6 is 0 Å². The molecule has 0 radical (unpaired) electrons. The maximum absolute atomic E-state index is 12.9. The fourth-order valence-electron chi connectivity index (χ4n) is 4.14. The summed E-state index contributed by atoms with van der Waals surface area (Å²) in [6.45, 7) is 3.52. The van der Waals surface area contributed by atoms with Gasteiger partial charge in [-0.1, -0.05) is 25.7 Å². The van der Waals surface area contributed by atoms with Gasteiger partial charge < -0.3 is 15.0 Å². The Balaban J connectivity index is 1.64. The number of rotatable bonds is 8. The molecule has 1 aliphatic heterocycles. The van der Waals surface area contributed by atoms with Gasteiger partial charge in [-0.3, -0.25) is 4.79 Å². The molecule has 0 aromatic heterocycles. The molecule has 7 nitrogen and oxygen atoms in total. The van der Waals surface area contributed by atoms with Crippen LogP contribution in [-0.4, -0.2) is 58.6 Å². The molecule has 0 bridgehead atoms. The predicted octanol–water partition coefficient (Wildman–Crippen LogP) is 2.52. The van der Waals surface area contributed by atoms with E-state index in [0.29, 0.717) is 12.1 Å². The maximum atomic E-state index is 12.9. The van der Waals surface area contributed by atoms with Gasteiger partial charge in [0.25, 0.3) is 5.91 Å². The van der Waals surface area contributed by atoms with Gasteiger partial charge in [-0.15, -0.1) is 0 Å². The zero-order chi connectivity index (χ0) is 20.7. The number of methoxy groups -OCH3 is 1. The maximum Gasteiger partial charge on any atom is 0.251 e. The molecular weight excluding hydrogens is 390 g/mol. The number of benzene rings is 1. The topological polar surface area (TPSA) is 87.7 Å². The molecular formula is C21H33N3O4S. The van der Waals surface area contributed by atoms with Gasteiger partial charge in [0.05, 0.1) is 7.11 Å². The third-order valence-corrected chi connectivity index (χ3v) is 7.35. The Labute approximate surface area is 174 Å². The highest BCUT2D eigenvalue weighted by molar-refractivity contribution is 7.89. The minimum atomic E-state index is -3.75. The van der Waals surface area contributed by atoms with E-state index in [2.05, 4.69) is 14.9 Å². The first-order valence-corrected chi connectivity index (χ1v) is 12.2. The molecule has 0 unspecified atom stereocenters. The molecule has 29 heavy (non-hydrogen) atoms. The summed E-state index contributed by atoms with van der Waals surface area (Å²) in [4.78, 5) is 15.0. The molecule has 3 rings (SSSR count). The third-order valence-electron chi connectivity index (χ3n) is 5.80. The quantitative estimate of drug-likeness (QED) is 0.671. The molecule has 1 amide bonds. The van der Waals surface area contributed by atoms with E-state index < -0.39 is 10.0 Å². The van der Waals surface area contributed by atoms with E-state index in [9.17, 15) is 13.2 Å². The zero-order valence-electron chi connectivity index (χ0n) is 17.3. The molecule has 162 valence electrons. The summed E-state index contributed by atoms with van der Waals surface area (Å²) in [5.74, 6) is -0.0172. The Morgan fingerprint density at radius 3 is 2.45 bits per heavy atom. The lowest BCUT2D eigenvalue weighted by molar-refractivity contribution is 0.0948. The second-order valence-electron chi connectivity index (χ2n) is 7.98. The van der Waals surface area contributed by atoms with E-state index in [1.807, 2.05) is 0 Å². The molecule has 1 heterocycles. The van der Waals surface area contributed by atoms with Crippen molar-refractivity contribution in [1.82, 2.24) is 14.9 Å². The second-order valence-corrected chi connectivity index (χ2v) is 9.66. The summed E-state index contributed by atoms with van der Waals surface area (Å²) < 4.78 is 33.7. The Hall–Kier alpha value is -1.64. The van der Waals surface area contributed by atoms with E-state index >= 15 is 0 Å². The van der Waals surface area contributed by atoms with Crippen LogP contribution < -0.4 is 14.8 Å². The first kappa shape index (κ1) is 22.1. The normalized spacial score (nSPS) is 19.1. The highest BCUT2D eigenvalue weighted by Gasteiger charge is 2.26. The van der Waals surface area contributed by atoms with E-state index in [1.165, 1.54) is 38.9 Å². The van der Waals surface area contributed by atoms with Crippen LogP contribution in [0.1, 0.15) is 61.7 Å². The van der Waals surface area contributed by atoms with Gasteiger partial charge in [0.15, 0.2) is 0 Å². The lowest BCUT2D eigenvalue weighted by Gasteiger charge is -2.20. The molecule has 0 atom stereocenters. The molecule has 8 heteroatoms. The Morgan fingerprint density at radius 1 is 1.10 bits per heavy atom. The van der Waals surface area contributed by atoms with Crippen molar-refractivity contribution in [2.75, 3.05) is 33.3 Å². The van der Waals surface area contributed by atoms with Crippen LogP contribution in [0, 0.1) is 0 Å². The van der Waals surface area contributed by atoms with Gasteiger partial charge >= 0.3 is 0 Å². The molecule has 2 N–H and O–H groups in total. The van der Waals surface area contributed by atoms with Gasteiger partial charge in [0.1, 0.15) is 10.6 Å². The van der Waals surface area contributed by atoms with E-state index in [1.54, 1.807) is 12.1 Å². The molecule has 1 aromatic rings. The molecule has 1 saturated heterocycles. The number of amides is 1. The molecule has 1 saturated carbocycles. The van der Waals surface area contributed by atoms with Gasteiger partial charge in [0.2, 0.25) is 10.0 Å². The van der Waals surface area contributed by atoms with Crippen LogP contribution in [0.15, 0.2) is 23.1 Å². The zero-order valence-corrected chi connectivity index (χ0v) is 18.1. The number of carbonyl (C=O) groups excluding carboxylic acids is 1. The van der Waals surface area contributed by atoms with Crippen molar-refractivity contribution < 1.29 is 17.9 Å². The lowest BCUT2D eigenvalue weighted by atomic mass is 10.2. The van der Waals surface area contributed by atoms with Crippen LogP contribution in [0.25, 0.3) is 0 Å². The highest BCUT2D eigenvalue weighted by atomic mass is 32.2. The lowest BCUT2D eigenvalue weighted by Crippen LogP contribution is -2.35. The van der Waals surface area contributed by atoms with E-state index in [-0.39, 0.29) is 22.6 Å². The average Bonchev–Trinajstić information content (AvgIpc) is 3.07. The van der Waals surface area contributed by atoms with E-state index in [0.717, 1.165) is 45.3 Å². The molecule has 1 aromatic carbocycles. The smallest absolute Gasteiger partial charge is 0.251 e. The van der Waals surface area contributed by atoms with Gasteiger partial charge in [-0.25, -0.2) is 13.1 Å². The first-order chi connectivity index (χ1) is 14.0. The molecule has 0 spiro atoms. The summed E-state index contributed by atoms with van der Waals surface area (Å²) in [7, 11) is -2.31. The number of nitrogens with one attached hydrogen (secondary N) is 2. The summed E-state index contributed by atoms with van der Waals surface area (Å²) in [6, 6.07) is 4.52. The van der Waals surface area contributed by atoms with Crippen LogP contribution in [-0.2, 0) is 10.0 Å². The number of likely N-dealkylation sites (tertiary alicyclic amines) is 1. The van der Waals surface area contributed by atoms with Crippen LogP contribution in [0.3, 0.4) is 0 Å². The standard InChI is InChI=1S/C21H33N3O4S/c1-28-19-11-10-17(16-20(19)29(26,27)23-18-8-4-5-9-18)21(25)22-12-15-24-13-6-2-3-7-14-24/h10-11,16,18,23H,2-9,12-15H2,1H3,(H,22,25). The number of ether oxygens (including phenoxy) is 1. The Kier molecular flexibility index (Phi) is 7.91. The molecule has 2 aliphatic rings. The Bertz CT molecular complexity index is 783. The van der Waals surface area contributed by atoms with Crippen molar-refractivity contribution in [2.45, 2.75) is 62.3 Å². The fraction of sp³-hybridized carbons (Fsp3) is 0.667. The summed E-state index contributed by atoms with van der Waals surface area (Å²) in [6.07, 6.45) is 8.73. The van der Waals surface area contributed by atoms with Crippen molar-refractivity contribution in [3.63, 3.8) is 0 Å². The van der Waals surface area contributed by atoms with Gasteiger partial charge in [0, 0.05) is 24.7 Å². The largest absolute Gasteiger partial charge is 0.495 e. The summed E-state index contributed by atoms with van der Waals surface area (Å²) in [5, 5.41) is 2.92. The number of hydrogen-bond acceptors (Lipinski definition) is 5. The monoisotopic (exact) mass is 423 g/mol. The van der Waals surface area contributed by atoms with Crippen molar-refractivity contribution in [2.24, 2.45) is 0 Å². The van der Waals surface area contributed by atoms with Crippen LogP contribution in [0.4, 0.5) is 0 Å². The van der Waals surface area contributed by atoms with E-state index in [4.69, 9.17) is 4.74 Å². The van der Waals surface area contributed by atoms with Gasteiger partial charge in [-0.2, -0.15) is 0 Å². The van der Waals surface area contributed by atoms with Gasteiger partial charge in [-0.05, 0) is 57.0 Å². The van der Waals surface area contributed by atoms with Crippen molar-refractivity contribution in [1.29, 1.82) is 0 Å². The minimum absolute atomic E-state index is 0.0204. The Morgan fingerprint density at radius 2 is 1.79 bits per heavy atom. The number of nitrogens with zero attached hydrogens (tertiary/aromatic N) is 1. The fourth-order valence-corrected chi connectivity index (χ4v) is 5.64. The first-order valence-electron chi connectivity index (χ1n) is 10.7. The SMILES string of the molecule is COc1ccc(C(=O)NCCN2CCCCCC2)cc1S(=O)(=O)NC1CCCC1. The minimum Gasteiger partial charge on any atom is -0.495 e. The molecule has 1 aliphatic carbocycles. The number of carbonyl (C=O) groups is 1. The summed E-state index contributed by atoms with van der Waals surface area (Å²) in [5.41, 5.74) is 0.327. The summed E-state index contributed by atoms with van der Waals surface area (Å²) >= 11 is 0. The van der Waals surface area contributed by atoms with Crippen molar-refractivity contribution in [3.8, 4) is 5.75 Å². The third kappa shape index (κ3) is 6.17. The average molecular weight is 424 g/mol. The van der Waals surface area contributed by atoms with Crippen molar-refractivity contribution in [3.05, 3.63) is 23.8 Å². The number of hydrogen-bond donors (Lipinski definition) is 2. The molecule has 2 fully saturated rings. The van der Waals surface area contributed by atoms with Crippen molar-refractivity contribution >= 4 is 15.9 Å². The predicted molar refractivity (Wildman–Crippen MR) is 113 cm³/mol. The highest BCUT2D eigenvalue weighted by Crippen LogP contribution is 2.27. The second kappa shape index (κ2) is 10.4.